The summed E-state index contributed by atoms with van der Waals surface area (Å²) in [5, 5.41) is 9.69. The van der Waals surface area contributed by atoms with Crippen molar-refractivity contribution in [2.45, 2.75) is 145 Å². The normalized spacial score (nSPS) is 34.3. The van der Waals surface area contributed by atoms with E-state index >= 15 is 0 Å². The summed E-state index contributed by atoms with van der Waals surface area (Å²) in [5.74, 6) is 0.208. The fourth-order valence-corrected chi connectivity index (χ4v) is 14.1. The smallest absolute Gasteiger partial charge is 0.309 e. The Hall–Kier alpha value is -2.66. The van der Waals surface area contributed by atoms with Gasteiger partial charge in [-0.25, -0.2) is 0 Å². The summed E-state index contributed by atoms with van der Waals surface area (Å²) in [6.07, 6.45) is 9.93. The van der Waals surface area contributed by atoms with Crippen LogP contribution in [0.1, 0.15) is 132 Å². The summed E-state index contributed by atoms with van der Waals surface area (Å²) in [7, 11) is 5.97. The van der Waals surface area contributed by atoms with E-state index in [1.54, 1.807) is 21.0 Å². The molecular formula is C50H79N3O7. The number of aliphatic carboxylic acids is 1. The van der Waals surface area contributed by atoms with Gasteiger partial charge < -0.3 is 24.2 Å². The van der Waals surface area contributed by atoms with Crippen LogP contribution in [0.15, 0.2) is 35.5 Å². The van der Waals surface area contributed by atoms with Gasteiger partial charge in [-0.15, -0.1) is 0 Å². The van der Waals surface area contributed by atoms with Crippen molar-refractivity contribution in [1.29, 1.82) is 0 Å². The Bertz CT molecular complexity index is 1760. The van der Waals surface area contributed by atoms with Crippen LogP contribution in [0.3, 0.4) is 0 Å². The Morgan fingerprint density at radius 2 is 1.67 bits per heavy atom. The number of carboxylic acids is 1. The van der Waals surface area contributed by atoms with Crippen LogP contribution in [0.2, 0.25) is 0 Å². The summed E-state index contributed by atoms with van der Waals surface area (Å²) in [4.78, 5) is 49.2. The van der Waals surface area contributed by atoms with E-state index in [0.717, 1.165) is 82.3 Å². The predicted molar refractivity (Wildman–Crippen MR) is 235 cm³/mol. The molecule has 1 heterocycles. The Balaban J connectivity index is 1.33. The van der Waals surface area contributed by atoms with E-state index in [1.807, 2.05) is 12.3 Å². The number of Topliss-reactive ketones (excluding diaryl/α,β-unsaturated/α-hetero) is 1. The van der Waals surface area contributed by atoms with Crippen LogP contribution in [0, 0.1) is 56.2 Å². The van der Waals surface area contributed by atoms with Crippen LogP contribution in [0.25, 0.3) is 0 Å². The van der Waals surface area contributed by atoms with Crippen molar-refractivity contribution >= 4 is 17.7 Å². The maximum absolute atomic E-state index is 14.6. The Kier molecular flexibility index (Phi) is 13.6. The fraction of sp³-hybridized carbons (Fsp3) is 0.800. The van der Waals surface area contributed by atoms with Gasteiger partial charge in [0, 0.05) is 56.7 Å². The number of esters is 1. The van der Waals surface area contributed by atoms with Crippen LogP contribution in [-0.2, 0) is 35.1 Å². The maximum Gasteiger partial charge on any atom is 0.309 e. The first-order chi connectivity index (χ1) is 28.1. The highest BCUT2D eigenvalue weighted by Crippen LogP contribution is 2.77. The quantitative estimate of drug-likeness (QED) is 0.121. The van der Waals surface area contributed by atoms with Crippen molar-refractivity contribution in [2.75, 3.05) is 54.1 Å². The van der Waals surface area contributed by atoms with Crippen LogP contribution in [0.5, 0.6) is 0 Å². The molecule has 5 aliphatic carbocycles. The lowest BCUT2D eigenvalue weighted by Gasteiger charge is -2.72. The fourth-order valence-electron chi connectivity index (χ4n) is 14.1. The van der Waals surface area contributed by atoms with Crippen molar-refractivity contribution in [2.24, 2.45) is 56.2 Å². The molecule has 9 atom stereocenters. The van der Waals surface area contributed by atoms with Gasteiger partial charge in [-0.3, -0.25) is 24.3 Å². The number of ether oxygens (including phenoxy) is 3. The van der Waals surface area contributed by atoms with Crippen molar-refractivity contribution in [3.63, 3.8) is 0 Å². The highest BCUT2D eigenvalue weighted by atomic mass is 16.5. The zero-order valence-electron chi connectivity index (χ0n) is 39.3. The average molecular weight is 834 g/mol. The van der Waals surface area contributed by atoms with Crippen LogP contribution >= 0.6 is 0 Å². The van der Waals surface area contributed by atoms with Gasteiger partial charge in [0.25, 0.3) is 0 Å². The molecule has 0 aromatic carbocycles. The van der Waals surface area contributed by atoms with E-state index in [9.17, 15) is 19.5 Å². The van der Waals surface area contributed by atoms with Gasteiger partial charge >= 0.3 is 11.9 Å². The Morgan fingerprint density at radius 3 is 2.30 bits per heavy atom. The number of rotatable bonds is 17. The zero-order valence-corrected chi connectivity index (χ0v) is 39.3. The van der Waals surface area contributed by atoms with Gasteiger partial charge in [0.1, 0.15) is 6.10 Å². The molecule has 6 rings (SSSR count). The Labute approximate surface area is 361 Å². The van der Waals surface area contributed by atoms with E-state index in [1.165, 1.54) is 5.57 Å². The van der Waals surface area contributed by atoms with Crippen molar-refractivity contribution in [1.82, 2.24) is 14.8 Å². The SMILES string of the molecule is COCCO[C@@H](CN(CCN(C)C)Cc1ccccn1)[C@@]12CC[C@]3(C)[C@H](CC[C@@H]4[C@@]5(C)CC[C@H](OC(=O)CC(C)(C)C(=O)O)C(C)(C)[C@@H]5CC[C@]43C)C1=C(C(C)C)C(=O)C2. The zero-order chi connectivity index (χ0) is 44.1. The van der Waals surface area contributed by atoms with E-state index in [2.05, 4.69) is 84.5 Å². The van der Waals surface area contributed by atoms with Gasteiger partial charge in [-0.2, -0.15) is 0 Å². The molecule has 0 spiro atoms. The molecule has 10 nitrogen and oxygen atoms in total. The molecule has 1 aromatic rings. The number of methoxy groups -OCH3 is 1. The van der Waals surface area contributed by atoms with Crippen molar-refractivity contribution in [3.05, 3.63) is 41.2 Å². The number of hydrogen-bond donors (Lipinski definition) is 1. The number of carbonyl (C=O) groups excluding carboxylic acids is 2. The molecule has 1 N–H and O–H groups in total. The van der Waals surface area contributed by atoms with Gasteiger partial charge in [0.2, 0.25) is 0 Å². The molecule has 0 amide bonds. The number of nitrogens with zero attached hydrogens (tertiary/aromatic N) is 3. The Morgan fingerprint density at radius 1 is 0.933 bits per heavy atom. The second kappa shape index (κ2) is 17.5. The highest BCUT2D eigenvalue weighted by Gasteiger charge is 2.71. The summed E-state index contributed by atoms with van der Waals surface area (Å²) < 4.78 is 18.9. The number of pyridine rings is 1. The number of ketones is 1. The molecular weight excluding hydrogens is 755 g/mol. The first kappa shape index (κ1) is 46.8. The van der Waals surface area contributed by atoms with Crippen LogP contribution in [0.4, 0.5) is 0 Å². The topological polar surface area (TPSA) is 118 Å². The van der Waals surface area contributed by atoms with Crippen molar-refractivity contribution in [3.8, 4) is 0 Å². The van der Waals surface area contributed by atoms with E-state index in [-0.39, 0.29) is 51.6 Å². The summed E-state index contributed by atoms with van der Waals surface area (Å²) >= 11 is 0. The van der Waals surface area contributed by atoms with Crippen LogP contribution < -0.4 is 0 Å². The molecule has 4 saturated carbocycles. The third kappa shape index (κ3) is 8.30. The van der Waals surface area contributed by atoms with Gasteiger partial charge in [-0.05, 0) is 137 Å². The number of aromatic nitrogens is 1. The van der Waals surface area contributed by atoms with E-state index in [0.29, 0.717) is 49.7 Å². The molecule has 10 heteroatoms. The minimum atomic E-state index is -1.17. The molecule has 1 aromatic heterocycles. The second-order valence-corrected chi connectivity index (χ2v) is 22.3. The lowest BCUT2D eigenvalue weighted by Crippen LogP contribution is -2.66. The summed E-state index contributed by atoms with van der Waals surface area (Å²) in [6.45, 7) is 24.2. The summed E-state index contributed by atoms with van der Waals surface area (Å²) in [5.41, 5.74) is 1.87. The minimum absolute atomic E-state index is 0.000982. The van der Waals surface area contributed by atoms with Gasteiger partial charge in [-0.1, -0.05) is 60.1 Å². The first-order valence-electron chi connectivity index (χ1n) is 23.2. The molecule has 60 heavy (non-hydrogen) atoms. The number of carbonyl (C=O) groups is 3. The van der Waals surface area contributed by atoms with Gasteiger partial charge in [0.15, 0.2) is 5.78 Å². The number of fused-ring (bicyclic) bond motifs is 7. The molecule has 0 bridgehead atoms. The lowest BCUT2D eigenvalue weighted by molar-refractivity contribution is -0.236. The largest absolute Gasteiger partial charge is 0.481 e. The number of hydrogen-bond acceptors (Lipinski definition) is 9. The molecule has 0 unspecified atom stereocenters. The summed E-state index contributed by atoms with van der Waals surface area (Å²) in [6, 6.07) is 6.13. The third-order valence-electron chi connectivity index (χ3n) is 17.5. The van der Waals surface area contributed by atoms with E-state index in [4.69, 9.17) is 19.2 Å². The maximum atomic E-state index is 14.6. The minimum Gasteiger partial charge on any atom is -0.481 e. The highest BCUT2D eigenvalue weighted by molar-refractivity contribution is 6.00. The van der Waals surface area contributed by atoms with Crippen molar-refractivity contribution < 1.29 is 33.7 Å². The van der Waals surface area contributed by atoms with Crippen LogP contribution in [-0.4, -0.2) is 104 Å². The average Bonchev–Trinajstić information content (AvgIpc) is 3.48. The number of likely N-dealkylation sites (N-methyl/N-ethyl adjacent to an activating group) is 1. The molecule has 0 saturated heterocycles. The van der Waals surface area contributed by atoms with Gasteiger partial charge in [0.05, 0.1) is 36.8 Å². The number of allylic oxidation sites excluding steroid dienone is 1. The number of carboxylic acid groups (broad SMARTS) is 1. The molecule has 0 aliphatic heterocycles. The molecule has 5 aliphatic rings. The second-order valence-electron chi connectivity index (χ2n) is 22.3. The standard InChI is InChI=1S/C50H79N3O7/c1-33(2)42-36(54)29-50(40(59-28-27-58-12)32-53(26-25-52(10)11)31-34-15-13-14-24-51-34)23-22-48(8)35(43(42)50)16-17-38-47(7)20-19-39(60-41(55)30-45(3,4)44(56)57)46(5,6)37(47)18-21-49(38,48)9/h13-15,24,33,35,37-40H,16-23,25-32H2,1-12H3,(H,56,57)/t35-,37+,38-,39+,40+,47+,48-,49-,50+/m1/s1. The van der Waals surface area contributed by atoms with E-state index < -0.39 is 17.4 Å². The predicted octanol–water partition coefficient (Wildman–Crippen LogP) is 8.87. The third-order valence-corrected chi connectivity index (χ3v) is 17.5. The lowest BCUT2D eigenvalue weighted by atomic mass is 9.33. The molecule has 336 valence electrons. The first-order valence-corrected chi connectivity index (χ1v) is 23.2. The molecule has 4 fully saturated rings. The molecule has 0 radical (unpaired) electrons. The monoisotopic (exact) mass is 834 g/mol.